The van der Waals surface area contributed by atoms with E-state index in [2.05, 4.69) is 21.9 Å². The Balaban J connectivity index is 2.62. The largest absolute Gasteiger partial charge is 0.344 e. The van der Waals surface area contributed by atoms with Gasteiger partial charge in [-0.3, -0.25) is 14.4 Å². The van der Waals surface area contributed by atoms with E-state index in [1.54, 1.807) is 19.1 Å². The average Bonchev–Trinajstić information content (AvgIpc) is 2.58. The van der Waals surface area contributed by atoms with Crippen LogP contribution >= 0.6 is 0 Å². The number of benzene rings is 1. The third-order valence-corrected chi connectivity index (χ3v) is 3.84. The van der Waals surface area contributed by atoms with Crippen molar-refractivity contribution < 1.29 is 14.4 Å². The minimum absolute atomic E-state index is 0.0929. The smallest absolute Gasteiger partial charge is 0.246 e. The zero-order chi connectivity index (χ0) is 19.7. The molecule has 0 aliphatic heterocycles. The molecular weight excluding hydrogens is 330 g/mol. The molecule has 6 nitrogen and oxygen atoms in total. The monoisotopic (exact) mass is 357 g/mol. The number of amides is 3. The molecule has 0 unspecified atom stereocenters. The lowest BCUT2D eigenvalue weighted by Crippen LogP contribution is -2.53. The molecule has 0 radical (unpaired) electrons. The van der Waals surface area contributed by atoms with Crippen LogP contribution in [0.5, 0.6) is 0 Å². The van der Waals surface area contributed by atoms with Crippen LogP contribution in [0.3, 0.4) is 0 Å². The standard InChI is InChI=1S/C20H27N3O3/c1-6-7-8-16-9-11-17(12-10-16)23-19(25)14(4)21-20(26)18(13(2)3)22-15(5)24/h1,9-14,18H,7-8H2,2-5H3,(H,21,26)(H,22,24)(H,23,25)/t14-,18-/m0/s1. The van der Waals surface area contributed by atoms with Gasteiger partial charge in [-0.1, -0.05) is 26.0 Å². The fourth-order valence-electron chi connectivity index (χ4n) is 2.34. The summed E-state index contributed by atoms with van der Waals surface area (Å²) in [4.78, 5) is 35.8. The molecule has 3 N–H and O–H groups in total. The van der Waals surface area contributed by atoms with Crippen LogP contribution < -0.4 is 16.0 Å². The highest BCUT2D eigenvalue weighted by atomic mass is 16.2. The SMILES string of the molecule is C#CCCc1ccc(NC(=O)[C@H](C)NC(=O)[C@@H](NC(C)=O)C(C)C)cc1. The van der Waals surface area contributed by atoms with Gasteiger partial charge < -0.3 is 16.0 Å². The second-order valence-electron chi connectivity index (χ2n) is 6.54. The van der Waals surface area contributed by atoms with Crippen molar-refractivity contribution in [2.24, 2.45) is 5.92 Å². The minimum atomic E-state index is -0.737. The lowest BCUT2D eigenvalue weighted by atomic mass is 10.0. The molecule has 1 rings (SSSR count). The minimum Gasteiger partial charge on any atom is -0.344 e. The van der Waals surface area contributed by atoms with Gasteiger partial charge in [0.05, 0.1) is 0 Å². The van der Waals surface area contributed by atoms with E-state index in [1.807, 2.05) is 26.0 Å². The van der Waals surface area contributed by atoms with Crippen LogP contribution in [0.2, 0.25) is 0 Å². The first-order valence-corrected chi connectivity index (χ1v) is 8.65. The number of hydrogen-bond donors (Lipinski definition) is 3. The molecule has 1 aromatic rings. The Morgan fingerprint density at radius 1 is 1.04 bits per heavy atom. The number of anilines is 1. The van der Waals surface area contributed by atoms with Gasteiger partial charge >= 0.3 is 0 Å². The summed E-state index contributed by atoms with van der Waals surface area (Å²) in [5.41, 5.74) is 1.74. The Hall–Kier alpha value is -2.81. The van der Waals surface area contributed by atoms with Crippen molar-refractivity contribution in [1.82, 2.24) is 10.6 Å². The van der Waals surface area contributed by atoms with Crippen molar-refractivity contribution in [1.29, 1.82) is 0 Å². The van der Waals surface area contributed by atoms with Gasteiger partial charge in [0.25, 0.3) is 0 Å². The Morgan fingerprint density at radius 2 is 1.65 bits per heavy atom. The number of hydrogen-bond acceptors (Lipinski definition) is 3. The topological polar surface area (TPSA) is 87.3 Å². The molecular formula is C20H27N3O3. The predicted molar refractivity (Wildman–Crippen MR) is 102 cm³/mol. The van der Waals surface area contributed by atoms with Crippen LogP contribution in [0.15, 0.2) is 24.3 Å². The summed E-state index contributed by atoms with van der Waals surface area (Å²) in [5, 5.41) is 8.00. The third-order valence-electron chi connectivity index (χ3n) is 3.84. The molecule has 0 aliphatic rings. The molecule has 6 heteroatoms. The lowest BCUT2D eigenvalue weighted by molar-refractivity contribution is -0.131. The van der Waals surface area contributed by atoms with Gasteiger partial charge in [0.15, 0.2) is 0 Å². The molecule has 0 saturated carbocycles. The van der Waals surface area contributed by atoms with Crippen molar-refractivity contribution in [3.8, 4) is 12.3 Å². The van der Waals surface area contributed by atoms with E-state index in [0.29, 0.717) is 12.1 Å². The molecule has 0 heterocycles. The summed E-state index contributed by atoms with van der Waals surface area (Å²) in [6.45, 7) is 6.60. The summed E-state index contributed by atoms with van der Waals surface area (Å²) in [6.07, 6.45) is 6.70. The second-order valence-corrected chi connectivity index (χ2v) is 6.54. The molecule has 0 aromatic heterocycles. The maximum Gasteiger partial charge on any atom is 0.246 e. The van der Waals surface area contributed by atoms with Gasteiger partial charge in [-0.2, -0.15) is 0 Å². The fourth-order valence-corrected chi connectivity index (χ4v) is 2.34. The highest BCUT2D eigenvalue weighted by molar-refractivity contribution is 5.98. The number of nitrogens with one attached hydrogen (secondary N) is 3. The molecule has 3 amide bonds. The summed E-state index contributed by atoms with van der Waals surface area (Å²) >= 11 is 0. The molecule has 26 heavy (non-hydrogen) atoms. The highest BCUT2D eigenvalue weighted by Gasteiger charge is 2.26. The van der Waals surface area contributed by atoms with Gasteiger partial charge in [0, 0.05) is 19.0 Å². The van der Waals surface area contributed by atoms with Gasteiger partial charge in [0.2, 0.25) is 17.7 Å². The first-order chi connectivity index (χ1) is 12.2. The first-order valence-electron chi connectivity index (χ1n) is 8.65. The molecule has 0 fully saturated rings. The number of rotatable bonds is 8. The van der Waals surface area contributed by atoms with E-state index in [4.69, 9.17) is 6.42 Å². The maximum absolute atomic E-state index is 12.3. The zero-order valence-electron chi connectivity index (χ0n) is 15.8. The summed E-state index contributed by atoms with van der Waals surface area (Å²) in [5.74, 6) is 1.49. The van der Waals surface area contributed by atoms with E-state index in [-0.39, 0.29) is 23.6 Å². The molecule has 0 aliphatic carbocycles. The lowest BCUT2D eigenvalue weighted by Gasteiger charge is -2.23. The molecule has 0 bridgehead atoms. The fraction of sp³-hybridized carbons (Fsp3) is 0.450. The summed E-state index contributed by atoms with van der Waals surface area (Å²) in [7, 11) is 0. The molecule has 0 saturated heterocycles. The van der Waals surface area contributed by atoms with Crippen LogP contribution in [-0.2, 0) is 20.8 Å². The Morgan fingerprint density at radius 3 is 2.15 bits per heavy atom. The summed E-state index contributed by atoms with van der Waals surface area (Å²) < 4.78 is 0. The van der Waals surface area contributed by atoms with Crippen LogP contribution in [0, 0.1) is 18.3 Å². The number of carbonyl (C=O) groups is 3. The second kappa shape index (κ2) is 10.2. The number of terminal acetylenes is 1. The van der Waals surface area contributed by atoms with Crippen LogP contribution in [0.1, 0.15) is 39.7 Å². The van der Waals surface area contributed by atoms with E-state index in [1.165, 1.54) is 6.92 Å². The normalized spacial score (nSPS) is 12.6. The van der Waals surface area contributed by atoms with E-state index in [9.17, 15) is 14.4 Å². The Kier molecular flexibility index (Phi) is 8.36. The van der Waals surface area contributed by atoms with Crippen molar-refractivity contribution in [2.45, 2.75) is 52.6 Å². The van der Waals surface area contributed by atoms with Crippen molar-refractivity contribution in [3.63, 3.8) is 0 Å². The zero-order valence-corrected chi connectivity index (χ0v) is 15.8. The average molecular weight is 357 g/mol. The van der Waals surface area contributed by atoms with Gasteiger partial charge in [0.1, 0.15) is 12.1 Å². The van der Waals surface area contributed by atoms with Crippen molar-refractivity contribution in [3.05, 3.63) is 29.8 Å². The molecule has 1 aromatic carbocycles. The van der Waals surface area contributed by atoms with E-state index < -0.39 is 12.1 Å². The van der Waals surface area contributed by atoms with Gasteiger partial charge in [-0.25, -0.2) is 0 Å². The van der Waals surface area contributed by atoms with Crippen LogP contribution in [0.4, 0.5) is 5.69 Å². The molecule has 0 spiro atoms. The van der Waals surface area contributed by atoms with Crippen LogP contribution in [0.25, 0.3) is 0 Å². The van der Waals surface area contributed by atoms with E-state index >= 15 is 0 Å². The van der Waals surface area contributed by atoms with Crippen molar-refractivity contribution >= 4 is 23.4 Å². The summed E-state index contributed by atoms with van der Waals surface area (Å²) in [6, 6.07) is 5.99. The maximum atomic E-state index is 12.3. The van der Waals surface area contributed by atoms with Gasteiger partial charge in [-0.05, 0) is 37.0 Å². The molecule has 2 atom stereocenters. The van der Waals surface area contributed by atoms with Gasteiger partial charge in [-0.15, -0.1) is 12.3 Å². The highest BCUT2D eigenvalue weighted by Crippen LogP contribution is 2.11. The Bertz CT molecular complexity index is 675. The number of carbonyl (C=O) groups excluding carboxylic acids is 3. The van der Waals surface area contributed by atoms with E-state index in [0.717, 1.165) is 12.0 Å². The molecule has 140 valence electrons. The third kappa shape index (κ3) is 6.98. The van der Waals surface area contributed by atoms with Crippen LogP contribution in [-0.4, -0.2) is 29.8 Å². The quantitative estimate of drug-likeness (QED) is 0.621. The number of aryl methyl sites for hydroxylation is 1. The first kappa shape index (κ1) is 21.2. The predicted octanol–water partition coefficient (Wildman–Crippen LogP) is 1.86. The van der Waals surface area contributed by atoms with Crippen molar-refractivity contribution in [2.75, 3.05) is 5.32 Å². The Labute approximate surface area is 155 Å².